The molecule has 0 saturated heterocycles. The number of benzene rings is 1. The predicted octanol–water partition coefficient (Wildman–Crippen LogP) is 5.35. The van der Waals surface area contributed by atoms with Crippen LogP contribution in [0.25, 0.3) is 11.0 Å². The van der Waals surface area contributed by atoms with Crippen molar-refractivity contribution in [1.82, 2.24) is 15.0 Å². The van der Waals surface area contributed by atoms with Gasteiger partial charge < -0.3 is 15.6 Å². The number of halogens is 3. The SMILES string of the molecule is CC(=O)c1cc2cc(NCc3cc(NC(=O)c4cncc(C(F)(F)F)c4)ccc3C)cnc2[nH]1. The third kappa shape index (κ3) is 5.06. The number of Topliss-reactive ketones (excluding diaryl/α,β-unsaturated/α-hetero) is 1. The van der Waals surface area contributed by atoms with Crippen LogP contribution in [0.3, 0.4) is 0 Å². The molecule has 7 nitrogen and oxygen atoms in total. The molecule has 0 aliphatic carbocycles. The van der Waals surface area contributed by atoms with Gasteiger partial charge in [0.1, 0.15) is 5.65 Å². The summed E-state index contributed by atoms with van der Waals surface area (Å²) in [5.74, 6) is -0.771. The molecule has 34 heavy (non-hydrogen) atoms. The summed E-state index contributed by atoms with van der Waals surface area (Å²) in [6.07, 6.45) is -1.18. The molecule has 4 rings (SSSR count). The van der Waals surface area contributed by atoms with Gasteiger partial charge in [-0.2, -0.15) is 13.2 Å². The predicted molar refractivity (Wildman–Crippen MR) is 122 cm³/mol. The minimum Gasteiger partial charge on any atom is -0.380 e. The maximum atomic E-state index is 12.9. The first-order valence-electron chi connectivity index (χ1n) is 10.3. The van der Waals surface area contributed by atoms with Crippen molar-refractivity contribution in [2.24, 2.45) is 0 Å². The lowest BCUT2D eigenvalue weighted by Crippen LogP contribution is -2.15. The number of aromatic amines is 1. The number of amides is 1. The first-order chi connectivity index (χ1) is 16.1. The van der Waals surface area contributed by atoms with Crippen LogP contribution >= 0.6 is 0 Å². The molecule has 0 aliphatic heterocycles. The van der Waals surface area contributed by atoms with Crippen LogP contribution in [0.1, 0.15) is 44.5 Å². The fourth-order valence-corrected chi connectivity index (χ4v) is 3.36. The summed E-state index contributed by atoms with van der Waals surface area (Å²) in [5, 5.41) is 6.67. The minimum atomic E-state index is -4.59. The number of aryl methyl sites for hydroxylation is 1. The molecule has 0 spiro atoms. The minimum absolute atomic E-state index is 0.0806. The Hall–Kier alpha value is -4.21. The molecule has 3 aromatic heterocycles. The van der Waals surface area contributed by atoms with E-state index in [1.807, 2.05) is 19.1 Å². The number of aromatic nitrogens is 3. The summed E-state index contributed by atoms with van der Waals surface area (Å²) in [6.45, 7) is 3.80. The highest BCUT2D eigenvalue weighted by Gasteiger charge is 2.31. The number of carbonyl (C=O) groups excluding carboxylic acids is 2. The van der Waals surface area contributed by atoms with E-state index in [0.717, 1.165) is 34.5 Å². The Kier molecular flexibility index (Phi) is 6.06. The summed E-state index contributed by atoms with van der Waals surface area (Å²) < 4.78 is 38.7. The number of rotatable bonds is 6. The van der Waals surface area contributed by atoms with Crippen molar-refractivity contribution in [1.29, 1.82) is 0 Å². The van der Waals surface area contributed by atoms with Crippen LogP contribution in [0.5, 0.6) is 0 Å². The van der Waals surface area contributed by atoms with E-state index in [1.54, 1.807) is 24.4 Å². The van der Waals surface area contributed by atoms with E-state index < -0.39 is 17.6 Å². The second-order valence-corrected chi connectivity index (χ2v) is 7.81. The third-order valence-corrected chi connectivity index (χ3v) is 5.27. The number of hydrogen-bond acceptors (Lipinski definition) is 5. The van der Waals surface area contributed by atoms with Crippen LogP contribution in [0.4, 0.5) is 24.5 Å². The molecule has 0 aliphatic rings. The van der Waals surface area contributed by atoms with Crippen molar-refractivity contribution in [2.75, 3.05) is 10.6 Å². The van der Waals surface area contributed by atoms with Crippen molar-refractivity contribution in [3.8, 4) is 0 Å². The molecule has 0 unspecified atom stereocenters. The number of carbonyl (C=O) groups is 2. The summed E-state index contributed by atoms with van der Waals surface area (Å²) in [5.41, 5.74) is 2.93. The Morgan fingerprint density at radius 1 is 1.03 bits per heavy atom. The lowest BCUT2D eigenvalue weighted by atomic mass is 10.1. The van der Waals surface area contributed by atoms with Crippen molar-refractivity contribution in [3.05, 3.63) is 82.9 Å². The highest BCUT2D eigenvalue weighted by molar-refractivity contribution is 6.04. The maximum Gasteiger partial charge on any atom is 0.417 e. The second kappa shape index (κ2) is 8.97. The van der Waals surface area contributed by atoms with Crippen LogP contribution in [0.15, 0.2) is 55.0 Å². The number of anilines is 2. The Morgan fingerprint density at radius 2 is 1.82 bits per heavy atom. The van der Waals surface area contributed by atoms with E-state index in [9.17, 15) is 22.8 Å². The van der Waals surface area contributed by atoms with Crippen molar-refractivity contribution in [2.45, 2.75) is 26.6 Å². The normalized spacial score (nSPS) is 11.4. The molecule has 1 aromatic carbocycles. The zero-order chi connectivity index (χ0) is 24.5. The monoisotopic (exact) mass is 467 g/mol. The molecule has 0 saturated carbocycles. The van der Waals surface area contributed by atoms with Crippen molar-refractivity contribution in [3.63, 3.8) is 0 Å². The zero-order valence-corrected chi connectivity index (χ0v) is 18.2. The molecule has 3 N–H and O–H groups in total. The Bertz CT molecular complexity index is 1400. The summed E-state index contributed by atoms with van der Waals surface area (Å²) in [6, 6.07) is 9.60. The highest BCUT2D eigenvalue weighted by atomic mass is 19.4. The maximum absolute atomic E-state index is 12.9. The van der Waals surface area contributed by atoms with E-state index in [0.29, 0.717) is 29.8 Å². The third-order valence-electron chi connectivity index (χ3n) is 5.27. The largest absolute Gasteiger partial charge is 0.417 e. The molecule has 1 amide bonds. The number of nitrogens with one attached hydrogen (secondary N) is 3. The van der Waals surface area contributed by atoms with E-state index in [4.69, 9.17) is 0 Å². The molecule has 0 bridgehead atoms. The van der Waals surface area contributed by atoms with Gasteiger partial charge in [-0.15, -0.1) is 0 Å². The average Bonchev–Trinajstić information content (AvgIpc) is 3.23. The topological polar surface area (TPSA) is 99.8 Å². The smallest absolute Gasteiger partial charge is 0.380 e. The average molecular weight is 467 g/mol. The molecule has 10 heteroatoms. The summed E-state index contributed by atoms with van der Waals surface area (Å²) in [4.78, 5) is 34.8. The highest BCUT2D eigenvalue weighted by Crippen LogP contribution is 2.29. The van der Waals surface area contributed by atoms with Crippen LogP contribution in [0, 0.1) is 6.92 Å². The molecule has 0 atom stereocenters. The standard InChI is InChI=1S/C24H20F3N5O2/c1-13-3-4-19(31-23(34)17-5-18(11-28-9-17)24(25,26)27)7-16(13)10-29-20-6-15-8-21(14(2)33)32-22(15)30-12-20/h3-9,11-12,29H,10H2,1-2H3,(H,30,32)(H,31,34). The molecule has 3 heterocycles. The summed E-state index contributed by atoms with van der Waals surface area (Å²) in [7, 11) is 0. The van der Waals surface area contributed by atoms with E-state index >= 15 is 0 Å². The van der Waals surface area contributed by atoms with Gasteiger partial charge in [-0.1, -0.05) is 6.07 Å². The van der Waals surface area contributed by atoms with Crippen molar-refractivity contribution < 1.29 is 22.8 Å². The Balaban J connectivity index is 1.47. The number of fused-ring (bicyclic) bond motifs is 1. The van der Waals surface area contributed by atoms with Crippen LogP contribution in [0.2, 0.25) is 0 Å². The number of nitrogens with zero attached hydrogens (tertiary/aromatic N) is 2. The van der Waals surface area contributed by atoms with Crippen LogP contribution in [-0.4, -0.2) is 26.6 Å². The van der Waals surface area contributed by atoms with E-state index in [2.05, 4.69) is 25.6 Å². The summed E-state index contributed by atoms with van der Waals surface area (Å²) >= 11 is 0. The Labute approximate surface area is 192 Å². The lowest BCUT2D eigenvalue weighted by Gasteiger charge is -2.12. The molecular weight excluding hydrogens is 447 g/mol. The van der Waals surface area contributed by atoms with Gasteiger partial charge in [0.25, 0.3) is 5.91 Å². The lowest BCUT2D eigenvalue weighted by molar-refractivity contribution is -0.137. The van der Waals surface area contributed by atoms with Crippen LogP contribution in [-0.2, 0) is 12.7 Å². The van der Waals surface area contributed by atoms with Gasteiger partial charge in [-0.05, 0) is 48.4 Å². The van der Waals surface area contributed by atoms with Gasteiger partial charge in [0, 0.05) is 36.9 Å². The first kappa shape index (κ1) is 23.0. The van der Waals surface area contributed by atoms with E-state index in [-0.39, 0.29) is 11.3 Å². The second-order valence-electron chi connectivity index (χ2n) is 7.81. The molecule has 0 fully saturated rings. The molecule has 0 radical (unpaired) electrons. The number of hydrogen-bond donors (Lipinski definition) is 3. The number of alkyl halides is 3. The van der Waals surface area contributed by atoms with Gasteiger partial charge in [0.2, 0.25) is 0 Å². The van der Waals surface area contributed by atoms with Gasteiger partial charge in [0.05, 0.1) is 28.7 Å². The Morgan fingerprint density at radius 3 is 2.56 bits per heavy atom. The first-order valence-corrected chi connectivity index (χ1v) is 10.3. The van der Waals surface area contributed by atoms with Crippen LogP contribution < -0.4 is 10.6 Å². The number of ketones is 1. The zero-order valence-electron chi connectivity index (χ0n) is 18.2. The van der Waals surface area contributed by atoms with Gasteiger partial charge in [-0.3, -0.25) is 14.6 Å². The van der Waals surface area contributed by atoms with E-state index in [1.165, 1.54) is 6.92 Å². The fourth-order valence-electron chi connectivity index (χ4n) is 3.36. The quantitative estimate of drug-likeness (QED) is 0.332. The van der Waals surface area contributed by atoms with Gasteiger partial charge in [-0.25, -0.2) is 4.98 Å². The molecule has 174 valence electrons. The van der Waals surface area contributed by atoms with Gasteiger partial charge in [0.15, 0.2) is 5.78 Å². The molecule has 4 aromatic rings. The molecular formula is C24H20F3N5O2. The fraction of sp³-hybridized carbons (Fsp3) is 0.167. The number of H-pyrrole nitrogens is 1. The van der Waals surface area contributed by atoms with Gasteiger partial charge >= 0.3 is 6.18 Å². The van der Waals surface area contributed by atoms with Crippen molar-refractivity contribution >= 4 is 34.1 Å². The number of pyridine rings is 2.